The van der Waals surface area contributed by atoms with Gasteiger partial charge in [0.1, 0.15) is 11.5 Å². The number of hydrogen-bond acceptors (Lipinski definition) is 2. The number of nitrogens with zero attached hydrogens (tertiary/aromatic N) is 1. The number of carbonyl (C=O) groups is 1. The molecule has 1 aliphatic carbocycles. The second-order valence-corrected chi connectivity index (χ2v) is 4.11. The van der Waals surface area contributed by atoms with E-state index in [1.807, 2.05) is 6.07 Å². The minimum Gasteiger partial charge on any atom is -0.292 e. The van der Waals surface area contributed by atoms with Gasteiger partial charge in [0.25, 0.3) is 0 Å². The quantitative estimate of drug-likeness (QED) is 0.676. The summed E-state index contributed by atoms with van der Waals surface area (Å²) in [5, 5.41) is 0.898. The third-order valence-electron chi connectivity index (χ3n) is 2.97. The van der Waals surface area contributed by atoms with Crippen molar-refractivity contribution in [3.8, 4) is 0 Å². The van der Waals surface area contributed by atoms with Gasteiger partial charge < -0.3 is 0 Å². The molecule has 0 aliphatic heterocycles. The molecule has 3 rings (SSSR count). The molecule has 1 aliphatic rings. The molecule has 0 unspecified atom stereocenters. The Hall–Kier alpha value is -1.77. The van der Waals surface area contributed by atoms with E-state index in [9.17, 15) is 9.18 Å². The lowest BCUT2D eigenvalue weighted by atomic mass is 9.94. The Morgan fingerprint density at radius 3 is 2.94 bits per heavy atom. The SMILES string of the molecule is O=C1CCCc2cc3ccc(F)cc3nc21. The van der Waals surface area contributed by atoms with Gasteiger partial charge >= 0.3 is 0 Å². The number of pyridine rings is 1. The van der Waals surface area contributed by atoms with E-state index in [4.69, 9.17) is 0 Å². The summed E-state index contributed by atoms with van der Waals surface area (Å²) in [7, 11) is 0. The monoisotopic (exact) mass is 215 g/mol. The van der Waals surface area contributed by atoms with Crippen LogP contribution in [0.5, 0.6) is 0 Å². The van der Waals surface area contributed by atoms with Crippen molar-refractivity contribution in [2.75, 3.05) is 0 Å². The highest BCUT2D eigenvalue weighted by molar-refractivity contribution is 5.99. The summed E-state index contributed by atoms with van der Waals surface area (Å²) in [4.78, 5) is 15.9. The van der Waals surface area contributed by atoms with Crippen LogP contribution in [0.25, 0.3) is 10.9 Å². The maximum absolute atomic E-state index is 13.0. The van der Waals surface area contributed by atoms with Crippen molar-refractivity contribution in [2.24, 2.45) is 0 Å². The predicted molar refractivity (Wildman–Crippen MR) is 59.0 cm³/mol. The Morgan fingerprint density at radius 2 is 2.06 bits per heavy atom. The summed E-state index contributed by atoms with van der Waals surface area (Å²) in [6.07, 6.45) is 2.34. The van der Waals surface area contributed by atoms with E-state index in [0.29, 0.717) is 17.6 Å². The Kier molecular flexibility index (Phi) is 1.99. The summed E-state index contributed by atoms with van der Waals surface area (Å²) in [6.45, 7) is 0. The van der Waals surface area contributed by atoms with Crippen molar-refractivity contribution in [2.45, 2.75) is 19.3 Å². The number of aromatic nitrogens is 1. The van der Waals surface area contributed by atoms with Crippen LogP contribution in [0.2, 0.25) is 0 Å². The number of halogens is 1. The fraction of sp³-hybridized carbons (Fsp3) is 0.231. The third-order valence-corrected chi connectivity index (χ3v) is 2.97. The molecule has 0 amide bonds. The van der Waals surface area contributed by atoms with Gasteiger partial charge in [0, 0.05) is 17.9 Å². The van der Waals surface area contributed by atoms with Gasteiger partial charge in [-0.15, -0.1) is 0 Å². The smallest absolute Gasteiger partial charge is 0.181 e. The maximum atomic E-state index is 13.0. The van der Waals surface area contributed by atoms with Gasteiger partial charge in [0.15, 0.2) is 5.78 Å². The molecule has 3 heteroatoms. The zero-order valence-corrected chi connectivity index (χ0v) is 8.66. The number of aryl methyl sites for hydroxylation is 1. The molecular weight excluding hydrogens is 205 g/mol. The minimum absolute atomic E-state index is 0.0763. The highest BCUT2D eigenvalue weighted by atomic mass is 19.1. The molecule has 0 fully saturated rings. The fourth-order valence-electron chi connectivity index (χ4n) is 2.17. The molecule has 0 saturated carbocycles. The first-order valence-electron chi connectivity index (χ1n) is 5.36. The molecule has 1 aromatic heterocycles. The number of rotatable bonds is 0. The fourth-order valence-corrected chi connectivity index (χ4v) is 2.17. The van der Waals surface area contributed by atoms with E-state index in [1.54, 1.807) is 6.07 Å². The lowest BCUT2D eigenvalue weighted by Gasteiger charge is -2.14. The Labute approximate surface area is 92.1 Å². The molecule has 2 nitrogen and oxygen atoms in total. The standard InChI is InChI=1S/C13H10FNO/c14-10-5-4-8-6-9-2-1-3-12(16)13(9)15-11(8)7-10/h4-7H,1-3H2. The lowest BCUT2D eigenvalue weighted by Crippen LogP contribution is -2.13. The van der Waals surface area contributed by atoms with Crippen LogP contribution in [-0.2, 0) is 6.42 Å². The van der Waals surface area contributed by atoms with Crippen LogP contribution in [0.4, 0.5) is 4.39 Å². The van der Waals surface area contributed by atoms with Crippen LogP contribution in [-0.4, -0.2) is 10.8 Å². The second-order valence-electron chi connectivity index (χ2n) is 4.11. The van der Waals surface area contributed by atoms with E-state index in [1.165, 1.54) is 12.1 Å². The van der Waals surface area contributed by atoms with Crippen LogP contribution in [0.1, 0.15) is 28.9 Å². The molecule has 0 saturated heterocycles. The second kappa shape index (κ2) is 3.37. The predicted octanol–water partition coefficient (Wildman–Crippen LogP) is 2.89. The molecule has 16 heavy (non-hydrogen) atoms. The van der Waals surface area contributed by atoms with Gasteiger partial charge in [-0.2, -0.15) is 0 Å². The first kappa shape index (κ1) is 9.46. The summed E-state index contributed by atoms with van der Waals surface area (Å²) in [5.74, 6) is -0.240. The normalized spacial score (nSPS) is 15.2. The largest absolute Gasteiger partial charge is 0.292 e. The average Bonchev–Trinajstić information content (AvgIpc) is 2.28. The highest BCUT2D eigenvalue weighted by Crippen LogP contribution is 2.24. The molecule has 1 heterocycles. The van der Waals surface area contributed by atoms with E-state index in [0.717, 1.165) is 23.8 Å². The molecule has 0 N–H and O–H groups in total. The summed E-state index contributed by atoms with van der Waals surface area (Å²) in [6, 6.07) is 6.45. The average molecular weight is 215 g/mol. The van der Waals surface area contributed by atoms with Gasteiger partial charge in [-0.05, 0) is 36.6 Å². The van der Waals surface area contributed by atoms with Crippen LogP contribution in [0.3, 0.4) is 0 Å². The Morgan fingerprint density at radius 1 is 1.19 bits per heavy atom. The van der Waals surface area contributed by atoms with Crippen LogP contribution in [0, 0.1) is 5.82 Å². The minimum atomic E-state index is -0.316. The van der Waals surface area contributed by atoms with Crippen molar-refractivity contribution in [1.82, 2.24) is 4.98 Å². The molecular formula is C13H10FNO. The van der Waals surface area contributed by atoms with E-state index < -0.39 is 0 Å². The lowest BCUT2D eigenvalue weighted by molar-refractivity contribution is 0.0967. The van der Waals surface area contributed by atoms with Gasteiger partial charge in [0.05, 0.1) is 5.52 Å². The van der Waals surface area contributed by atoms with E-state index in [2.05, 4.69) is 4.98 Å². The van der Waals surface area contributed by atoms with Gasteiger partial charge in [-0.3, -0.25) is 4.79 Å². The topological polar surface area (TPSA) is 30.0 Å². The maximum Gasteiger partial charge on any atom is 0.181 e. The number of ketones is 1. The van der Waals surface area contributed by atoms with Crippen LogP contribution in [0.15, 0.2) is 24.3 Å². The zero-order valence-electron chi connectivity index (χ0n) is 8.66. The van der Waals surface area contributed by atoms with E-state index in [-0.39, 0.29) is 11.6 Å². The van der Waals surface area contributed by atoms with Gasteiger partial charge in [-0.25, -0.2) is 9.37 Å². The third kappa shape index (κ3) is 1.40. The van der Waals surface area contributed by atoms with Gasteiger partial charge in [0.2, 0.25) is 0 Å². The molecule has 0 atom stereocenters. The number of fused-ring (bicyclic) bond motifs is 2. The summed E-state index contributed by atoms with van der Waals surface area (Å²) < 4.78 is 13.0. The molecule has 80 valence electrons. The number of benzene rings is 1. The van der Waals surface area contributed by atoms with Gasteiger partial charge in [-0.1, -0.05) is 0 Å². The van der Waals surface area contributed by atoms with Crippen LogP contribution < -0.4 is 0 Å². The van der Waals surface area contributed by atoms with Crippen molar-refractivity contribution in [3.05, 3.63) is 41.3 Å². The van der Waals surface area contributed by atoms with E-state index >= 15 is 0 Å². The Balaban J connectivity index is 2.30. The number of Topliss-reactive ketones (excluding diaryl/α,β-unsaturated/α-hetero) is 1. The Bertz CT molecular complexity index is 592. The summed E-state index contributed by atoms with van der Waals surface area (Å²) >= 11 is 0. The van der Waals surface area contributed by atoms with Crippen molar-refractivity contribution in [3.63, 3.8) is 0 Å². The highest BCUT2D eigenvalue weighted by Gasteiger charge is 2.19. The zero-order chi connectivity index (χ0) is 11.1. The van der Waals surface area contributed by atoms with Crippen molar-refractivity contribution in [1.29, 1.82) is 0 Å². The molecule has 2 aromatic rings. The summed E-state index contributed by atoms with van der Waals surface area (Å²) in [5.41, 5.74) is 2.09. The first-order valence-corrected chi connectivity index (χ1v) is 5.36. The van der Waals surface area contributed by atoms with Crippen molar-refractivity contribution < 1.29 is 9.18 Å². The molecule has 0 bridgehead atoms. The number of hydrogen-bond donors (Lipinski definition) is 0. The van der Waals surface area contributed by atoms with Crippen molar-refractivity contribution >= 4 is 16.7 Å². The molecule has 0 spiro atoms. The molecule has 1 aromatic carbocycles. The van der Waals surface area contributed by atoms with Crippen LogP contribution >= 0.6 is 0 Å². The first-order chi connectivity index (χ1) is 7.74. The number of carbonyl (C=O) groups excluding carboxylic acids is 1. The molecule has 0 radical (unpaired) electrons.